The lowest BCUT2D eigenvalue weighted by atomic mass is 9.82. The zero-order valence-corrected chi connectivity index (χ0v) is 17.6. The summed E-state index contributed by atoms with van der Waals surface area (Å²) < 4.78 is 0. The van der Waals surface area contributed by atoms with Crippen LogP contribution in [-0.4, -0.2) is 30.3 Å². The molecule has 3 fully saturated rings. The van der Waals surface area contributed by atoms with Gasteiger partial charge in [-0.3, -0.25) is 14.9 Å². The maximum absolute atomic E-state index is 12.1. The molecule has 2 saturated heterocycles. The number of imide groups is 1. The monoisotopic (exact) mass is 421 g/mol. The van der Waals surface area contributed by atoms with Gasteiger partial charge in [0.25, 0.3) is 11.1 Å². The number of nitrogens with zero attached hydrogens (tertiary/aromatic N) is 1. The van der Waals surface area contributed by atoms with Gasteiger partial charge in [-0.15, -0.1) is 12.4 Å². The molecule has 0 bridgehead atoms. The van der Waals surface area contributed by atoms with Gasteiger partial charge in [-0.05, 0) is 60.6 Å². The van der Waals surface area contributed by atoms with Gasteiger partial charge < -0.3 is 10.6 Å². The number of amides is 2. The summed E-state index contributed by atoms with van der Waals surface area (Å²) in [6, 6.07) is 6.58. The lowest BCUT2D eigenvalue weighted by molar-refractivity contribution is -0.115. The second kappa shape index (κ2) is 9.33. The fraction of sp³-hybridized carbons (Fsp3) is 0.524. The van der Waals surface area contributed by atoms with Crippen LogP contribution in [-0.2, 0) is 4.79 Å². The van der Waals surface area contributed by atoms with Crippen LogP contribution in [0.25, 0.3) is 6.08 Å². The molecular formula is C21H28ClN3O2S. The maximum atomic E-state index is 12.1. The Bertz CT molecular complexity index is 777. The summed E-state index contributed by atoms with van der Waals surface area (Å²) in [4.78, 5) is 26.5. The van der Waals surface area contributed by atoms with Gasteiger partial charge in [0.2, 0.25) is 0 Å². The Morgan fingerprint density at radius 3 is 2.57 bits per heavy atom. The summed E-state index contributed by atoms with van der Waals surface area (Å²) in [5.74, 6) is 0.270. The highest BCUT2D eigenvalue weighted by molar-refractivity contribution is 8.18. The lowest BCUT2D eigenvalue weighted by Crippen LogP contribution is -2.43. The average molecular weight is 422 g/mol. The first-order valence-corrected chi connectivity index (χ1v) is 10.8. The quantitative estimate of drug-likeness (QED) is 0.707. The number of nitrogens with two attached hydrogens (primary N) is 1. The molecule has 2 heterocycles. The van der Waals surface area contributed by atoms with E-state index in [0.29, 0.717) is 10.8 Å². The summed E-state index contributed by atoms with van der Waals surface area (Å²) in [6.07, 6.45) is 10.4. The Morgan fingerprint density at radius 1 is 1.11 bits per heavy atom. The highest BCUT2D eigenvalue weighted by atomic mass is 35.5. The van der Waals surface area contributed by atoms with Crippen LogP contribution in [0, 0.1) is 0 Å². The number of halogens is 1. The largest absolute Gasteiger partial charge is 0.369 e. The average Bonchev–Trinajstić information content (AvgIpc) is 2.99. The van der Waals surface area contributed by atoms with Gasteiger partial charge in [0.1, 0.15) is 0 Å². The Hall–Kier alpha value is -1.50. The Morgan fingerprint density at radius 2 is 1.89 bits per heavy atom. The lowest BCUT2D eigenvalue weighted by Gasteiger charge is -2.37. The molecule has 3 N–H and O–H groups in total. The molecule has 0 aromatic heterocycles. The second-order valence-electron chi connectivity index (χ2n) is 7.82. The molecule has 1 aromatic carbocycles. The number of piperidine rings is 1. The van der Waals surface area contributed by atoms with Crippen molar-refractivity contribution in [1.82, 2.24) is 5.32 Å². The van der Waals surface area contributed by atoms with Gasteiger partial charge >= 0.3 is 0 Å². The maximum Gasteiger partial charge on any atom is 0.290 e. The van der Waals surface area contributed by atoms with Crippen molar-refractivity contribution in [3.8, 4) is 0 Å². The number of nitrogens with one attached hydrogen (secondary N) is 1. The third-order valence-corrected chi connectivity index (χ3v) is 6.66. The zero-order chi connectivity index (χ0) is 18.8. The standard InChI is InChI=1S/C21H27N3O2S.ClH/c22-16-9-5-11-24(13-16)19-15(12-18-20(25)23-21(26)27-18)8-4-10-17(19)14-6-2-1-3-7-14;/h4,8,10,12,14,16H,1-3,5-7,9,11,13,22H2,(H,23,25,26);1H. The molecule has 1 atom stereocenters. The molecule has 1 unspecified atom stereocenters. The number of hydrogen-bond donors (Lipinski definition) is 2. The van der Waals surface area contributed by atoms with Crippen molar-refractivity contribution in [3.05, 3.63) is 34.2 Å². The first kappa shape index (κ1) is 21.2. The van der Waals surface area contributed by atoms with Gasteiger partial charge in [0, 0.05) is 24.8 Å². The van der Waals surface area contributed by atoms with Crippen LogP contribution in [0.15, 0.2) is 23.1 Å². The van der Waals surface area contributed by atoms with Gasteiger partial charge in [-0.25, -0.2) is 0 Å². The van der Waals surface area contributed by atoms with Crippen LogP contribution in [0.4, 0.5) is 10.5 Å². The van der Waals surface area contributed by atoms with Gasteiger partial charge in [-0.1, -0.05) is 37.5 Å². The van der Waals surface area contributed by atoms with E-state index in [1.807, 2.05) is 6.08 Å². The van der Waals surface area contributed by atoms with Crippen molar-refractivity contribution in [3.63, 3.8) is 0 Å². The molecule has 28 heavy (non-hydrogen) atoms. The first-order chi connectivity index (χ1) is 13.1. The van der Waals surface area contributed by atoms with Crippen LogP contribution >= 0.6 is 24.2 Å². The molecule has 7 heteroatoms. The van der Waals surface area contributed by atoms with E-state index in [-0.39, 0.29) is 29.6 Å². The van der Waals surface area contributed by atoms with Crippen molar-refractivity contribution in [1.29, 1.82) is 0 Å². The first-order valence-electron chi connectivity index (χ1n) is 10.00. The van der Waals surface area contributed by atoms with E-state index in [9.17, 15) is 9.59 Å². The molecule has 0 spiro atoms. The third kappa shape index (κ3) is 4.56. The van der Waals surface area contributed by atoms with Gasteiger partial charge in [0.15, 0.2) is 0 Å². The predicted molar refractivity (Wildman–Crippen MR) is 118 cm³/mol. The van der Waals surface area contributed by atoms with Crippen molar-refractivity contribution < 1.29 is 9.59 Å². The van der Waals surface area contributed by atoms with Crippen LogP contribution in [0.3, 0.4) is 0 Å². The van der Waals surface area contributed by atoms with Crippen LogP contribution in [0.1, 0.15) is 62.0 Å². The Kier molecular flexibility index (Phi) is 7.07. The van der Waals surface area contributed by atoms with Crippen molar-refractivity contribution >= 4 is 47.1 Å². The smallest absolute Gasteiger partial charge is 0.290 e. The fourth-order valence-electron chi connectivity index (χ4n) is 4.58. The molecule has 152 valence electrons. The summed E-state index contributed by atoms with van der Waals surface area (Å²) in [7, 11) is 0. The number of thioether (sulfide) groups is 1. The molecule has 5 nitrogen and oxygen atoms in total. The molecular weight excluding hydrogens is 394 g/mol. The van der Waals surface area contributed by atoms with E-state index in [4.69, 9.17) is 5.73 Å². The minimum atomic E-state index is -0.297. The van der Waals surface area contributed by atoms with E-state index >= 15 is 0 Å². The molecule has 1 saturated carbocycles. The fourth-order valence-corrected chi connectivity index (χ4v) is 5.25. The SMILES string of the molecule is Cl.NC1CCCN(c2c(C=C3SC(=O)NC3=O)cccc2C2CCCCC2)C1. The van der Waals surface area contributed by atoms with E-state index in [2.05, 4.69) is 28.4 Å². The van der Waals surface area contributed by atoms with E-state index < -0.39 is 0 Å². The predicted octanol–water partition coefficient (Wildman–Crippen LogP) is 4.41. The summed E-state index contributed by atoms with van der Waals surface area (Å²) in [5, 5.41) is 2.06. The number of para-hydroxylation sites is 1. The number of anilines is 1. The highest BCUT2D eigenvalue weighted by Crippen LogP contribution is 2.41. The number of rotatable bonds is 3. The number of hydrogen-bond acceptors (Lipinski definition) is 5. The molecule has 1 aliphatic carbocycles. The number of benzene rings is 1. The normalized spacial score (nSPS) is 25.0. The molecule has 2 aliphatic heterocycles. The van der Waals surface area contributed by atoms with Crippen molar-refractivity contribution in [2.75, 3.05) is 18.0 Å². The van der Waals surface area contributed by atoms with Crippen LogP contribution in [0.2, 0.25) is 0 Å². The molecule has 4 rings (SSSR count). The summed E-state index contributed by atoms with van der Waals surface area (Å²) >= 11 is 0.984. The van der Waals surface area contributed by atoms with Crippen molar-refractivity contribution in [2.24, 2.45) is 5.73 Å². The van der Waals surface area contributed by atoms with Crippen LogP contribution in [0.5, 0.6) is 0 Å². The Balaban J connectivity index is 0.00000225. The molecule has 0 radical (unpaired) electrons. The highest BCUT2D eigenvalue weighted by Gasteiger charge is 2.28. The van der Waals surface area contributed by atoms with Gasteiger partial charge in [-0.2, -0.15) is 0 Å². The number of carbonyl (C=O) groups excluding carboxylic acids is 2. The number of carbonyl (C=O) groups is 2. The van der Waals surface area contributed by atoms with Crippen molar-refractivity contribution in [2.45, 2.75) is 56.9 Å². The van der Waals surface area contributed by atoms with E-state index in [1.54, 1.807) is 0 Å². The topological polar surface area (TPSA) is 75.4 Å². The molecule has 2 amide bonds. The zero-order valence-electron chi connectivity index (χ0n) is 16.0. The third-order valence-electron chi connectivity index (χ3n) is 5.85. The molecule has 1 aromatic rings. The molecule has 3 aliphatic rings. The van der Waals surface area contributed by atoms with E-state index in [1.165, 1.54) is 43.4 Å². The summed E-state index contributed by atoms with van der Waals surface area (Å²) in [5.41, 5.74) is 9.91. The minimum absolute atomic E-state index is 0. The summed E-state index contributed by atoms with van der Waals surface area (Å²) in [6.45, 7) is 1.84. The minimum Gasteiger partial charge on any atom is -0.369 e. The van der Waals surface area contributed by atoms with Gasteiger partial charge in [0.05, 0.1) is 4.91 Å². The Labute approximate surface area is 176 Å². The second-order valence-corrected chi connectivity index (χ2v) is 8.84. The van der Waals surface area contributed by atoms with Crippen LogP contribution < -0.4 is 16.0 Å². The van der Waals surface area contributed by atoms with E-state index in [0.717, 1.165) is 43.3 Å².